The van der Waals surface area contributed by atoms with Crippen LogP contribution in [-0.4, -0.2) is 43.4 Å². The van der Waals surface area contributed by atoms with Gasteiger partial charge in [0, 0.05) is 38.1 Å². The molecule has 1 N–H and O–H groups in total. The van der Waals surface area contributed by atoms with Crippen LogP contribution in [0.1, 0.15) is 36.2 Å². The van der Waals surface area contributed by atoms with E-state index in [1.807, 2.05) is 58.9 Å². The molecule has 1 aliphatic heterocycles. The highest BCUT2D eigenvalue weighted by Crippen LogP contribution is 2.31. The van der Waals surface area contributed by atoms with E-state index >= 15 is 0 Å². The maximum atomic E-state index is 12.6. The van der Waals surface area contributed by atoms with Gasteiger partial charge in [-0.25, -0.2) is 4.98 Å². The Hall–Kier alpha value is -2.73. The van der Waals surface area contributed by atoms with Gasteiger partial charge in [-0.1, -0.05) is 12.1 Å². The molecule has 140 valence electrons. The molecular weight excluding hydrogens is 340 g/mol. The van der Waals surface area contributed by atoms with Gasteiger partial charge < -0.3 is 14.4 Å². The van der Waals surface area contributed by atoms with Crippen LogP contribution in [0.25, 0.3) is 5.65 Å². The van der Waals surface area contributed by atoms with Crippen molar-refractivity contribution in [1.82, 2.24) is 19.3 Å². The molecule has 1 aliphatic rings. The zero-order chi connectivity index (χ0) is 18.9. The van der Waals surface area contributed by atoms with Crippen LogP contribution in [0.2, 0.25) is 0 Å². The fourth-order valence-corrected chi connectivity index (χ4v) is 3.63. The number of carbonyl (C=O) groups is 1. The second kappa shape index (κ2) is 7.12. The molecule has 0 saturated carbocycles. The van der Waals surface area contributed by atoms with E-state index in [4.69, 9.17) is 0 Å². The Morgan fingerprint density at radius 2 is 2.04 bits per heavy atom. The number of carbonyl (C=O) groups excluding carboxylic acids is 1. The van der Waals surface area contributed by atoms with E-state index in [-0.39, 0.29) is 5.91 Å². The van der Waals surface area contributed by atoms with Gasteiger partial charge in [0.25, 0.3) is 0 Å². The molecule has 4 rings (SSSR count). The van der Waals surface area contributed by atoms with E-state index < -0.39 is 5.60 Å². The molecule has 3 aromatic heterocycles. The molecule has 27 heavy (non-hydrogen) atoms. The number of rotatable bonds is 4. The van der Waals surface area contributed by atoms with Crippen LogP contribution in [-0.2, 0) is 16.8 Å². The van der Waals surface area contributed by atoms with E-state index in [0.717, 1.165) is 16.9 Å². The van der Waals surface area contributed by atoms with Gasteiger partial charge in [-0.2, -0.15) is 0 Å². The third kappa shape index (κ3) is 3.71. The van der Waals surface area contributed by atoms with Crippen LogP contribution in [0, 0.1) is 6.92 Å². The minimum absolute atomic E-state index is 0.117. The van der Waals surface area contributed by atoms with Crippen molar-refractivity contribution in [3.8, 4) is 0 Å². The van der Waals surface area contributed by atoms with Crippen molar-refractivity contribution in [2.75, 3.05) is 13.1 Å². The van der Waals surface area contributed by atoms with Crippen LogP contribution < -0.4 is 0 Å². The van der Waals surface area contributed by atoms with Crippen molar-refractivity contribution in [3.05, 3.63) is 65.9 Å². The smallest absolute Gasteiger partial charge is 0.222 e. The molecule has 0 atom stereocenters. The Bertz CT molecular complexity index is 907. The summed E-state index contributed by atoms with van der Waals surface area (Å²) in [5.74, 6) is 0.117. The zero-order valence-electron chi connectivity index (χ0n) is 15.5. The average molecular weight is 364 g/mol. The number of aliphatic hydroxyl groups is 1. The molecule has 1 fully saturated rings. The van der Waals surface area contributed by atoms with Crippen LogP contribution in [0.5, 0.6) is 0 Å². The van der Waals surface area contributed by atoms with Gasteiger partial charge in [-0.05, 0) is 49.9 Å². The largest absolute Gasteiger partial charge is 0.383 e. The lowest BCUT2D eigenvalue weighted by molar-refractivity contribution is -0.135. The van der Waals surface area contributed by atoms with E-state index in [2.05, 4.69) is 9.97 Å². The average Bonchev–Trinajstić information content (AvgIpc) is 3.10. The lowest BCUT2D eigenvalue weighted by Gasteiger charge is -2.37. The number of hydrogen-bond donors (Lipinski definition) is 1. The lowest BCUT2D eigenvalue weighted by atomic mass is 9.87. The number of imidazole rings is 1. The number of amides is 1. The summed E-state index contributed by atoms with van der Waals surface area (Å²) < 4.78 is 1.97. The summed E-state index contributed by atoms with van der Waals surface area (Å²) in [6.45, 7) is 3.08. The summed E-state index contributed by atoms with van der Waals surface area (Å²) in [6.07, 6.45) is 7.80. The fourth-order valence-electron chi connectivity index (χ4n) is 3.63. The molecule has 6 nitrogen and oxygen atoms in total. The predicted molar refractivity (Wildman–Crippen MR) is 102 cm³/mol. The SMILES string of the molecule is Cc1ccc(C2(O)CCN(C(=O)CCc3cn4ccccc4n3)CC2)nc1. The Morgan fingerprint density at radius 3 is 2.74 bits per heavy atom. The molecule has 0 bridgehead atoms. The van der Waals surface area contributed by atoms with Gasteiger partial charge in [0.05, 0.1) is 11.4 Å². The quantitative estimate of drug-likeness (QED) is 0.772. The van der Waals surface area contributed by atoms with Crippen LogP contribution in [0.15, 0.2) is 48.9 Å². The number of fused-ring (bicyclic) bond motifs is 1. The molecule has 0 aromatic carbocycles. The monoisotopic (exact) mass is 364 g/mol. The van der Waals surface area contributed by atoms with Crippen molar-refractivity contribution in [2.45, 2.75) is 38.2 Å². The Morgan fingerprint density at radius 1 is 1.22 bits per heavy atom. The lowest BCUT2D eigenvalue weighted by Crippen LogP contribution is -2.45. The first kappa shape index (κ1) is 17.7. The summed E-state index contributed by atoms with van der Waals surface area (Å²) in [7, 11) is 0. The topological polar surface area (TPSA) is 70.7 Å². The first-order valence-electron chi connectivity index (χ1n) is 9.39. The summed E-state index contributed by atoms with van der Waals surface area (Å²) in [4.78, 5) is 23.3. The first-order valence-corrected chi connectivity index (χ1v) is 9.39. The first-order chi connectivity index (χ1) is 13.0. The van der Waals surface area contributed by atoms with Gasteiger partial charge >= 0.3 is 0 Å². The molecule has 3 aromatic rings. The molecule has 1 saturated heterocycles. The summed E-state index contributed by atoms with van der Waals surface area (Å²) in [5.41, 5.74) is 2.65. The number of aryl methyl sites for hydroxylation is 2. The second-order valence-electron chi connectivity index (χ2n) is 7.33. The Kier molecular flexibility index (Phi) is 4.66. The van der Waals surface area contributed by atoms with Gasteiger partial charge in [0.2, 0.25) is 5.91 Å². The number of piperidine rings is 1. The van der Waals surface area contributed by atoms with Crippen LogP contribution in [0.4, 0.5) is 0 Å². The Balaban J connectivity index is 1.33. The summed E-state index contributed by atoms with van der Waals surface area (Å²) >= 11 is 0. The van der Waals surface area contributed by atoms with Crippen LogP contribution in [0.3, 0.4) is 0 Å². The van der Waals surface area contributed by atoms with Gasteiger partial charge in [-0.3, -0.25) is 9.78 Å². The minimum Gasteiger partial charge on any atom is -0.383 e. The van der Waals surface area contributed by atoms with Gasteiger partial charge in [0.15, 0.2) is 0 Å². The third-order valence-corrected chi connectivity index (χ3v) is 5.34. The van der Waals surface area contributed by atoms with Crippen molar-refractivity contribution in [2.24, 2.45) is 0 Å². The highest BCUT2D eigenvalue weighted by Gasteiger charge is 2.36. The number of likely N-dealkylation sites (tertiary alicyclic amines) is 1. The molecule has 0 radical (unpaired) electrons. The molecular formula is C21H24N4O2. The van der Waals surface area contributed by atoms with Crippen molar-refractivity contribution in [1.29, 1.82) is 0 Å². The van der Waals surface area contributed by atoms with Crippen molar-refractivity contribution in [3.63, 3.8) is 0 Å². The maximum absolute atomic E-state index is 12.6. The number of nitrogens with zero attached hydrogens (tertiary/aromatic N) is 4. The van der Waals surface area contributed by atoms with Gasteiger partial charge in [0.1, 0.15) is 11.2 Å². The standard InChI is InChI=1S/C21H24N4O2/c1-16-5-7-18(22-14-16)21(27)9-12-24(13-10-21)20(26)8-6-17-15-25-11-3-2-4-19(25)23-17/h2-5,7,11,14-15,27H,6,8-10,12-13H2,1H3. The van der Waals surface area contributed by atoms with E-state index in [1.165, 1.54) is 0 Å². The highest BCUT2D eigenvalue weighted by atomic mass is 16.3. The maximum Gasteiger partial charge on any atom is 0.222 e. The predicted octanol–water partition coefficient (Wildman–Crippen LogP) is 2.48. The second-order valence-corrected chi connectivity index (χ2v) is 7.33. The zero-order valence-corrected chi connectivity index (χ0v) is 15.5. The fraction of sp³-hybridized carbons (Fsp3) is 0.381. The molecule has 0 unspecified atom stereocenters. The highest BCUT2D eigenvalue weighted by molar-refractivity contribution is 5.76. The van der Waals surface area contributed by atoms with Crippen molar-refractivity contribution >= 4 is 11.6 Å². The molecule has 4 heterocycles. The van der Waals surface area contributed by atoms with Crippen molar-refractivity contribution < 1.29 is 9.90 Å². The Labute approximate surface area is 158 Å². The number of pyridine rings is 2. The van der Waals surface area contributed by atoms with Crippen LogP contribution >= 0.6 is 0 Å². The normalized spacial score (nSPS) is 16.6. The van der Waals surface area contributed by atoms with E-state index in [1.54, 1.807) is 6.20 Å². The van der Waals surface area contributed by atoms with E-state index in [0.29, 0.717) is 44.5 Å². The minimum atomic E-state index is -0.938. The molecule has 6 heteroatoms. The van der Waals surface area contributed by atoms with E-state index in [9.17, 15) is 9.90 Å². The number of hydrogen-bond acceptors (Lipinski definition) is 4. The van der Waals surface area contributed by atoms with Gasteiger partial charge in [-0.15, -0.1) is 0 Å². The molecule has 1 amide bonds. The third-order valence-electron chi connectivity index (χ3n) is 5.34. The summed E-state index contributed by atoms with van der Waals surface area (Å²) in [6, 6.07) is 9.72. The molecule has 0 spiro atoms. The summed E-state index contributed by atoms with van der Waals surface area (Å²) in [5, 5.41) is 10.9. The molecule has 0 aliphatic carbocycles. The number of aromatic nitrogens is 3.